The Morgan fingerprint density at radius 3 is 3.00 bits per heavy atom. The summed E-state index contributed by atoms with van der Waals surface area (Å²) in [6, 6.07) is 3.04. The Morgan fingerprint density at radius 1 is 1.55 bits per heavy atom. The van der Waals surface area contributed by atoms with E-state index in [0.29, 0.717) is 13.0 Å². The lowest BCUT2D eigenvalue weighted by Crippen LogP contribution is -2.52. The second-order valence-electron chi connectivity index (χ2n) is 5.57. The Kier molecular flexibility index (Phi) is 3.52. The van der Waals surface area contributed by atoms with Crippen molar-refractivity contribution in [2.45, 2.75) is 43.4 Å². The van der Waals surface area contributed by atoms with E-state index in [1.807, 2.05) is 0 Å². The number of carbonyl (C=O) groups is 1. The molecular weight excluding hydrogens is 282 g/mol. The van der Waals surface area contributed by atoms with Gasteiger partial charge in [-0.15, -0.1) is 0 Å². The monoisotopic (exact) mass is 299 g/mol. The number of halogens is 1. The maximum absolute atomic E-state index is 12.5. The third-order valence-corrected chi connectivity index (χ3v) is 4.81. The van der Waals surface area contributed by atoms with Crippen LogP contribution in [0.15, 0.2) is 16.5 Å². The van der Waals surface area contributed by atoms with Crippen molar-refractivity contribution in [2.24, 2.45) is 0 Å². The lowest BCUT2D eigenvalue weighted by atomic mass is 9.79. The maximum atomic E-state index is 12.5. The molecule has 1 aromatic heterocycles. The topological polar surface area (TPSA) is 62.9 Å². The van der Waals surface area contributed by atoms with Gasteiger partial charge in [-0.2, -0.15) is 0 Å². The number of ether oxygens (including phenoxy) is 1. The van der Waals surface area contributed by atoms with E-state index >= 15 is 0 Å². The third kappa shape index (κ3) is 2.14. The normalized spacial score (nSPS) is 33.2. The van der Waals surface area contributed by atoms with Crippen LogP contribution in [0.4, 0.5) is 0 Å². The molecule has 3 atom stereocenters. The van der Waals surface area contributed by atoms with E-state index in [-0.39, 0.29) is 34.6 Å². The van der Waals surface area contributed by atoms with Crippen LogP contribution in [0.3, 0.4) is 0 Å². The highest BCUT2D eigenvalue weighted by Crippen LogP contribution is 2.43. The molecule has 0 bridgehead atoms. The first-order valence-electron chi connectivity index (χ1n) is 6.85. The predicted molar refractivity (Wildman–Crippen MR) is 72.8 cm³/mol. The zero-order valence-corrected chi connectivity index (χ0v) is 12.1. The summed E-state index contributed by atoms with van der Waals surface area (Å²) < 4.78 is 10.9. The summed E-state index contributed by atoms with van der Waals surface area (Å²) in [5.41, 5.74) is -0.328. The standard InChI is InChI=1S/C14H18ClNO4/c1-19-14-5-4-9(17)8-11(14)16(7-6-14)13(18)10-2-3-12(15)20-10/h2-3,9,11,17H,4-8H2,1H3/t9-,11-,14+/m0/s1. The number of furan rings is 1. The van der Waals surface area contributed by atoms with Crippen molar-refractivity contribution in [3.05, 3.63) is 23.1 Å². The fourth-order valence-electron chi connectivity index (χ4n) is 3.49. The molecule has 1 aliphatic carbocycles. The van der Waals surface area contributed by atoms with Gasteiger partial charge in [-0.05, 0) is 49.4 Å². The summed E-state index contributed by atoms with van der Waals surface area (Å²) in [5.74, 6) is 0.0527. The van der Waals surface area contributed by atoms with Gasteiger partial charge in [-0.25, -0.2) is 0 Å². The molecule has 6 heteroatoms. The molecule has 3 rings (SSSR count). The van der Waals surface area contributed by atoms with E-state index in [9.17, 15) is 9.90 Å². The zero-order valence-electron chi connectivity index (χ0n) is 11.3. The molecule has 0 radical (unpaired) electrons. The Hall–Kier alpha value is -1.04. The average Bonchev–Trinajstić information content (AvgIpc) is 3.02. The number of nitrogens with zero attached hydrogens (tertiary/aromatic N) is 1. The average molecular weight is 300 g/mol. The largest absolute Gasteiger partial charge is 0.440 e. The van der Waals surface area contributed by atoms with Gasteiger partial charge in [0.2, 0.25) is 0 Å². The second kappa shape index (κ2) is 5.06. The smallest absolute Gasteiger partial charge is 0.289 e. The van der Waals surface area contributed by atoms with Crippen molar-refractivity contribution in [3.8, 4) is 0 Å². The van der Waals surface area contributed by atoms with Crippen molar-refractivity contribution in [2.75, 3.05) is 13.7 Å². The molecule has 1 aromatic rings. The van der Waals surface area contributed by atoms with Crippen LogP contribution in [-0.2, 0) is 4.74 Å². The van der Waals surface area contributed by atoms with E-state index in [1.165, 1.54) is 0 Å². The Bertz CT molecular complexity index is 517. The minimum Gasteiger partial charge on any atom is -0.440 e. The Labute approximate surface area is 122 Å². The van der Waals surface area contributed by atoms with Gasteiger partial charge in [0.15, 0.2) is 11.0 Å². The van der Waals surface area contributed by atoms with Gasteiger partial charge < -0.3 is 19.2 Å². The zero-order chi connectivity index (χ0) is 14.3. The minimum atomic E-state index is -0.378. The molecule has 2 heterocycles. The van der Waals surface area contributed by atoms with E-state index < -0.39 is 0 Å². The molecule has 1 aliphatic heterocycles. The highest BCUT2D eigenvalue weighted by atomic mass is 35.5. The van der Waals surface area contributed by atoms with Crippen LogP contribution in [0.25, 0.3) is 0 Å². The summed E-state index contributed by atoms with van der Waals surface area (Å²) >= 11 is 5.72. The summed E-state index contributed by atoms with van der Waals surface area (Å²) in [7, 11) is 1.68. The number of likely N-dealkylation sites (tertiary alicyclic amines) is 1. The van der Waals surface area contributed by atoms with E-state index in [4.69, 9.17) is 20.8 Å². The molecule has 1 saturated heterocycles. The van der Waals surface area contributed by atoms with Gasteiger partial charge in [-0.3, -0.25) is 4.79 Å². The highest BCUT2D eigenvalue weighted by molar-refractivity contribution is 6.29. The molecule has 1 N–H and O–H groups in total. The summed E-state index contributed by atoms with van der Waals surface area (Å²) in [4.78, 5) is 14.3. The molecule has 0 spiro atoms. The SMILES string of the molecule is CO[C@@]12CC[C@H](O)C[C@@H]1N(C(=O)c1ccc(Cl)o1)CC2. The number of hydrogen-bond donors (Lipinski definition) is 1. The molecule has 0 unspecified atom stereocenters. The van der Waals surface area contributed by atoms with Crippen molar-refractivity contribution < 1.29 is 19.1 Å². The number of aliphatic hydroxyl groups is 1. The van der Waals surface area contributed by atoms with Gasteiger partial charge in [0.05, 0.1) is 17.7 Å². The van der Waals surface area contributed by atoms with E-state index in [0.717, 1.165) is 19.3 Å². The van der Waals surface area contributed by atoms with Crippen molar-refractivity contribution >= 4 is 17.5 Å². The molecule has 2 aliphatic rings. The number of fused-ring (bicyclic) bond motifs is 1. The first-order valence-corrected chi connectivity index (χ1v) is 7.23. The second-order valence-corrected chi connectivity index (χ2v) is 5.94. The van der Waals surface area contributed by atoms with Crippen LogP contribution < -0.4 is 0 Å². The quantitative estimate of drug-likeness (QED) is 0.908. The molecule has 2 fully saturated rings. The van der Waals surface area contributed by atoms with Crippen LogP contribution in [0.1, 0.15) is 36.2 Å². The van der Waals surface area contributed by atoms with Crippen molar-refractivity contribution in [1.82, 2.24) is 4.90 Å². The van der Waals surface area contributed by atoms with Crippen molar-refractivity contribution in [1.29, 1.82) is 0 Å². The number of rotatable bonds is 2. The fraction of sp³-hybridized carbons (Fsp3) is 0.643. The van der Waals surface area contributed by atoms with Gasteiger partial charge in [0.1, 0.15) is 0 Å². The molecule has 1 saturated carbocycles. The van der Waals surface area contributed by atoms with Gasteiger partial charge in [0, 0.05) is 13.7 Å². The number of hydrogen-bond acceptors (Lipinski definition) is 4. The number of aliphatic hydroxyl groups excluding tert-OH is 1. The van der Waals surface area contributed by atoms with Crippen LogP contribution >= 0.6 is 11.6 Å². The molecule has 110 valence electrons. The van der Waals surface area contributed by atoms with Crippen molar-refractivity contribution in [3.63, 3.8) is 0 Å². The van der Waals surface area contributed by atoms with E-state index in [2.05, 4.69) is 0 Å². The van der Waals surface area contributed by atoms with Gasteiger partial charge in [0.25, 0.3) is 5.91 Å². The first-order chi connectivity index (χ1) is 9.55. The van der Waals surface area contributed by atoms with Crippen LogP contribution in [-0.4, -0.2) is 47.3 Å². The minimum absolute atomic E-state index is 0.104. The summed E-state index contributed by atoms with van der Waals surface area (Å²) in [6.07, 6.45) is 2.46. The Balaban J connectivity index is 1.85. The lowest BCUT2D eigenvalue weighted by Gasteiger charge is -2.42. The lowest BCUT2D eigenvalue weighted by molar-refractivity contribution is -0.0826. The third-order valence-electron chi connectivity index (χ3n) is 4.61. The van der Waals surface area contributed by atoms with Crippen LogP contribution in [0, 0.1) is 0 Å². The van der Waals surface area contributed by atoms with Crippen LogP contribution in [0.5, 0.6) is 0 Å². The molecule has 0 aromatic carbocycles. The first kappa shape index (κ1) is 13.9. The number of amides is 1. The molecule has 20 heavy (non-hydrogen) atoms. The van der Waals surface area contributed by atoms with Crippen LogP contribution in [0.2, 0.25) is 5.22 Å². The van der Waals surface area contributed by atoms with Gasteiger partial charge >= 0.3 is 0 Å². The molecule has 5 nitrogen and oxygen atoms in total. The predicted octanol–water partition coefficient (Wildman–Crippen LogP) is 2.08. The molecule has 1 amide bonds. The molecular formula is C14H18ClNO4. The van der Waals surface area contributed by atoms with E-state index in [1.54, 1.807) is 24.1 Å². The summed E-state index contributed by atoms with van der Waals surface area (Å²) in [6.45, 7) is 0.613. The number of carbonyl (C=O) groups excluding carboxylic acids is 1. The Morgan fingerprint density at radius 2 is 2.35 bits per heavy atom. The number of methoxy groups -OCH3 is 1. The summed E-state index contributed by atoms with van der Waals surface area (Å²) in [5, 5.41) is 10.1. The highest BCUT2D eigenvalue weighted by Gasteiger charge is 2.52. The maximum Gasteiger partial charge on any atom is 0.289 e. The fourth-order valence-corrected chi connectivity index (χ4v) is 3.64. The van der Waals surface area contributed by atoms with Gasteiger partial charge in [-0.1, -0.05) is 0 Å².